The van der Waals surface area contributed by atoms with E-state index in [9.17, 15) is 5.11 Å². The molecule has 108 valence electrons. The van der Waals surface area contributed by atoms with Gasteiger partial charge in [0.05, 0.1) is 26.9 Å². The van der Waals surface area contributed by atoms with E-state index < -0.39 is 6.10 Å². The van der Waals surface area contributed by atoms with Crippen molar-refractivity contribution in [2.45, 2.75) is 6.10 Å². The van der Waals surface area contributed by atoms with Gasteiger partial charge in [-0.25, -0.2) is 0 Å². The molecule has 1 atom stereocenters. The van der Waals surface area contributed by atoms with Crippen LogP contribution in [0.4, 0.5) is 0 Å². The predicted octanol–water partition coefficient (Wildman–Crippen LogP) is 3.04. The van der Waals surface area contributed by atoms with Crippen molar-refractivity contribution in [1.82, 2.24) is 0 Å². The van der Waals surface area contributed by atoms with Gasteiger partial charge in [-0.15, -0.1) is 0 Å². The van der Waals surface area contributed by atoms with E-state index in [0.29, 0.717) is 28.6 Å². The van der Waals surface area contributed by atoms with Crippen LogP contribution in [0.2, 0.25) is 5.22 Å². The fourth-order valence-corrected chi connectivity index (χ4v) is 2.07. The first-order valence-corrected chi connectivity index (χ1v) is 6.21. The van der Waals surface area contributed by atoms with Crippen molar-refractivity contribution in [2.75, 3.05) is 21.3 Å². The average molecular weight is 299 g/mol. The van der Waals surface area contributed by atoms with Crippen molar-refractivity contribution >= 4 is 11.6 Å². The number of hydrogen-bond donors (Lipinski definition) is 1. The molecule has 5 nitrogen and oxygen atoms in total. The molecule has 1 N–H and O–H groups in total. The van der Waals surface area contributed by atoms with E-state index in [1.807, 2.05) is 0 Å². The number of ether oxygens (including phenoxy) is 3. The Bertz CT molecular complexity index is 568. The van der Waals surface area contributed by atoms with E-state index in [1.165, 1.54) is 21.3 Å². The number of methoxy groups -OCH3 is 3. The van der Waals surface area contributed by atoms with Gasteiger partial charge in [0.15, 0.2) is 5.22 Å². The molecule has 0 radical (unpaired) electrons. The van der Waals surface area contributed by atoms with Gasteiger partial charge in [-0.3, -0.25) is 0 Å². The Balaban J connectivity index is 2.53. The zero-order valence-corrected chi connectivity index (χ0v) is 12.1. The van der Waals surface area contributed by atoms with E-state index >= 15 is 0 Å². The number of benzene rings is 1. The molecule has 0 amide bonds. The summed E-state index contributed by atoms with van der Waals surface area (Å²) in [6.45, 7) is 0. The zero-order chi connectivity index (χ0) is 14.7. The molecule has 2 aromatic rings. The van der Waals surface area contributed by atoms with Crippen molar-refractivity contribution in [3.8, 4) is 17.2 Å². The van der Waals surface area contributed by atoms with E-state index in [-0.39, 0.29) is 5.22 Å². The van der Waals surface area contributed by atoms with Crippen LogP contribution < -0.4 is 14.2 Å². The van der Waals surface area contributed by atoms with Crippen molar-refractivity contribution in [3.05, 3.63) is 40.8 Å². The van der Waals surface area contributed by atoms with Crippen LogP contribution in [0.25, 0.3) is 0 Å². The van der Waals surface area contributed by atoms with Gasteiger partial charge < -0.3 is 23.7 Å². The SMILES string of the molecule is COc1cc(OC)c(C(O)c2ccc(Cl)o2)c(OC)c1. The van der Waals surface area contributed by atoms with Crippen molar-refractivity contribution < 1.29 is 23.7 Å². The highest BCUT2D eigenvalue weighted by atomic mass is 35.5. The Morgan fingerprint density at radius 3 is 2.05 bits per heavy atom. The lowest BCUT2D eigenvalue weighted by atomic mass is 10.0. The molecule has 1 heterocycles. The highest BCUT2D eigenvalue weighted by Crippen LogP contribution is 2.41. The average Bonchev–Trinajstić information content (AvgIpc) is 2.91. The minimum atomic E-state index is -1.06. The van der Waals surface area contributed by atoms with E-state index in [0.717, 1.165) is 0 Å². The molecule has 2 rings (SSSR count). The number of aliphatic hydroxyl groups is 1. The molecule has 1 aromatic heterocycles. The van der Waals surface area contributed by atoms with Gasteiger partial charge in [-0.05, 0) is 23.7 Å². The number of furan rings is 1. The van der Waals surface area contributed by atoms with Crippen LogP contribution in [0.3, 0.4) is 0 Å². The van der Waals surface area contributed by atoms with Gasteiger partial charge in [0.1, 0.15) is 29.1 Å². The molecule has 0 spiro atoms. The molecule has 20 heavy (non-hydrogen) atoms. The normalized spacial score (nSPS) is 12.1. The van der Waals surface area contributed by atoms with Gasteiger partial charge in [-0.1, -0.05) is 0 Å². The summed E-state index contributed by atoms with van der Waals surface area (Å²) in [7, 11) is 4.54. The Hall–Kier alpha value is -1.85. The third-order valence-corrected chi connectivity index (χ3v) is 3.09. The minimum Gasteiger partial charge on any atom is -0.496 e. The van der Waals surface area contributed by atoms with Crippen molar-refractivity contribution in [1.29, 1.82) is 0 Å². The minimum absolute atomic E-state index is 0.200. The van der Waals surface area contributed by atoms with Crippen LogP contribution in [-0.2, 0) is 0 Å². The summed E-state index contributed by atoms with van der Waals surface area (Å²) in [5.74, 6) is 1.73. The predicted molar refractivity (Wildman–Crippen MR) is 73.9 cm³/mol. The van der Waals surface area contributed by atoms with Crippen LogP contribution in [0, 0.1) is 0 Å². The molecule has 0 fully saturated rings. The second-order valence-corrected chi connectivity index (χ2v) is 4.36. The summed E-state index contributed by atoms with van der Waals surface area (Å²) in [5, 5.41) is 10.6. The molecule has 0 aliphatic rings. The monoisotopic (exact) mass is 298 g/mol. The summed E-state index contributed by atoms with van der Waals surface area (Å²) in [6, 6.07) is 6.47. The molecule has 0 aliphatic heterocycles. The maximum atomic E-state index is 10.4. The van der Waals surface area contributed by atoms with Crippen molar-refractivity contribution in [2.24, 2.45) is 0 Å². The summed E-state index contributed by atoms with van der Waals surface area (Å²) in [6.07, 6.45) is -1.06. The molecular weight excluding hydrogens is 284 g/mol. The Kier molecular flexibility index (Phi) is 4.42. The Morgan fingerprint density at radius 2 is 1.65 bits per heavy atom. The molecule has 0 saturated heterocycles. The molecule has 1 unspecified atom stereocenters. The van der Waals surface area contributed by atoms with Crippen LogP contribution in [0.5, 0.6) is 17.2 Å². The van der Waals surface area contributed by atoms with Gasteiger partial charge in [0.25, 0.3) is 0 Å². The Morgan fingerprint density at radius 1 is 1.05 bits per heavy atom. The molecule has 0 saturated carbocycles. The zero-order valence-electron chi connectivity index (χ0n) is 11.3. The van der Waals surface area contributed by atoms with Gasteiger partial charge in [0, 0.05) is 12.1 Å². The van der Waals surface area contributed by atoms with E-state index in [4.69, 9.17) is 30.2 Å². The second-order valence-electron chi connectivity index (χ2n) is 3.99. The quantitative estimate of drug-likeness (QED) is 0.919. The lowest BCUT2D eigenvalue weighted by molar-refractivity contribution is 0.180. The van der Waals surface area contributed by atoms with Crippen molar-refractivity contribution in [3.63, 3.8) is 0 Å². The van der Waals surface area contributed by atoms with E-state index in [2.05, 4.69) is 0 Å². The smallest absolute Gasteiger partial charge is 0.193 e. The fraction of sp³-hybridized carbons (Fsp3) is 0.286. The maximum Gasteiger partial charge on any atom is 0.193 e. The highest BCUT2D eigenvalue weighted by Gasteiger charge is 2.24. The van der Waals surface area contributed by atoms with Crippen LogP contribution in [0.15, 0.2) is 28.7 Å². The number of rotatable bonds is 5. The lowest BCUT2D eigenvalue weighted by Crippen LogP contribution is -2.05. The second kappa shape index (κ2) is 6.07. The highest BCUT2D eigenvalue weighted by molar-refractivity contribution is 6.28. The molecule has 6 heteroatoms. The third-order valence-electron chi connectivity index (χ3n) is 2.89. The molecular formula is C14H15ClO5. The Labute approximate surface area is 121 Å². The maximum absolute atomic E-state index is 10.4. The number of aliphatic hydroxyl groups excluding tert-OH is 1. The largest absolute Gasteiger partial charge is 0.496 e. The van der Waals surface area contributed by atoms with Gasteiger partial charge in [-0.2, -0.15) is 0 Å². The summed E-state index contributed by atoms with van der Waals surface area (Å²) >= 11 is 5.73. The number of hydrogen-bond acceptors (Lipinski definition) is 5. The first-order chi connectivity index (χ1) is 9.60. The standard InChI is InChI=1S/C14H15ClO5/c1-17-8-6-10(18-2)13(11(7-8)19-3)14(16)9-4-5-12(15)20-9/h4-7,14,16H,1-3H3. The first kappa shape index (κ1) is 14.6. The molecule has 0 bridgehead atoms. The first-order valence-electron chi connectivity index (χ1n) is 5.84. The number of halogens is 1. The van der Waals surface area contributed by atoms with Crippen LogP contribution in [0.1, 0.15) is 17.4 Å². The topological polar surface area (TPSA) is 61.1 Å². The summed E-state index contributed by atoms with van der Waals surface area (Å²) < 4.78 is 21.0. The van der Waals surface area contributed by atoms with E-state index in [1.54, 1.807) is 24.3 Å². The molecule has 1 aromatic carbocycles. The fourth-order valence-electron chi connectivity index (χ4n) is 1.92. The van der Waals surface area contributed by atoms with Crippen LogP contribution in [-0.4, -0.2) is 26.4 Å². The molecule has 0 aliphatic carbocycles. The van der Waals surface area contributed by atoms with Crippen LogP contribution >= 0.6 is 11.6 Å². The lowest BCUT2D eigenvalue weighted by Gasteiger charge is -2.18. The van der Waals surface area contributed by atoms with Gasteiger partial charge in [0.2, 0.25) is 0 Å². The summed E-state index contributed by atoms with van der Waals surface area (Å²) in [5.41, 5.74) is 0.446. The third kappa shape index (κ3) is 2.69. The van der Waals surface area contributed by atoms with Gasteiger partial charge >= 0.3 is 0 Å². The summed E-state index contributed by atoms with van der Waals surface area (Å²) in [4.78, 5) is 0.